The quantitative estimate of drug-likeness (QED) is 0.155. The first kappa shape index (κ1) is 49.2. The van der Waals surface area contributed by atoms with E-state index in [1.165, 1.54) is 41.8 Å². The number of carboxylic acid groups (broad SMARTS) is 4. The summed E-state index contributed by atoms with van der Waals surface area (Å²) in [7, 11) is 0. The van der Waals surface area contributed by atoms with Gasteiger partial charge in [-0.2, -0.15) is 0 Å². The molecular weight excluding hydrogens is 1020 g/mol. The van der Waals surface area contributed by atoms with Crippen LogP contribution in [0.25, 0.3) is 0 Å². The molecule has 12 rings (SSSR count). The summed E-state index contributed by atoms with van der Waals surface area (Å²) in [6.45, 7) is 0. The van der Waals surface area contributed by atoms with E-state index in [0.717, 1.165) is 41.8 Å². The fourth-order valence-corrected chi connectivity index (χ4v) is 12.8. The normalized spacial score (nSPS) is 12.5. The Bertz CT molecular complexity index is 2860. The Balaban J connectivity index is 0.000000123. The predicted molar refractivity (Wildman–Crippen MR) is 257 cm³/mol. The van der Waals surface area contributed by atoms with Gasteiger partial charge in [0, 0.05) is 87.1 Å². The summed E-state index contributed by atoms with van der Waals surface area (Å²) >= 11 is 6.49. The van der Waals surface area contributed by atoms with E-state index in [9.17, 15) is 39.6 Å². The van der Waals surface area contributed by atoms with Crippen LogP contribution >= 0.6 is 47.0 Å². The third-order valence-electron chi connectivity index (χ3n) is 11.7. The van der Waals surface area contributed by atoms with Crippen molar-refractivity contribution in [1.29, 1.82) is 0 Å². The molecule has 338 valence electrons. The van der Waals surface area contributed by atoms with Crippen LogP contribution in [0, 0.1) is 0 Å². The van der Waals surface area contributed by atoms with E-state index in [4.69, 9.17) is 0 Å². The van der Waals surface area contributed by atoms with E-state index in [0.29, 0.717) is 47.9 Å². The number of carboxylic acids is 4. The monoisotopic (exact) mass is 1060 g/mol. The Morgan fingerprint density at radius 1 is 0.275 bits per heavy atom. The topological polar surface area (TPSA) is 161 Å². The summed E-state index contributed by atoms with van der Waals surface area (Å²) in [5, 5.41) is 44.3. The number of fused-ring (bicyclic) bond motifs is 8. The van der Waals surface area contributed by atoms with Crippen LogP contribution < -0.4 is 20.4 Å². The molecule has 8 aromatic rings. The van der Waals surface area contributed by atoms with Gasteiger partial charge in [-0.1, -0.05) is 168 Å². The van der Waals surface area contributed by atoms with E-state index in [2.05, 4.69) is 24.3 Å². The van der Waals surface area contributed by atoms with Gasteiger partial charge in [-0.3, -0.25) is 0 Å². The maximum atomic E-state index is 11.1. The smallest absolute Gasteiger partial charge is 0.545 e. The molecule has 4 aliphatic heterocycles. The summed E-state index contributed by atoms with van der Waals surface area (Å²) in [6, 6.07) is 53.7. The van der Waals surface area contributed by atoms with Crippen LogP contribution in [0.3, 0.4) is 0 Å². The van der Waals surface area contributed by atoms with E-state index < -0.39 is 23.9 Å². The van der Waals surface area contributed by atoms with Gasteiger partial charge in [0.15, 0.2) is 0 Å². The standard InChI is InChI=1S/4C14H10O2S.Mo/c4*15-14(16)10-5-3-7-13-11(10)8-9-4-1-2-6-12(9)17-13;/h4*1-7H,8H2,(H,15,16);/q;;;;+4/p-4. The van der Waals surface area contributed by atoms with Crippen LogP contribution in [-0.4, -0.2) is 23.9 Å². The zero-order valence-corrected chi connectivity index (χ0v) is 41.6. The second-order valence-electron chi connectivity index (χ2n) is 15.8. The maximum Gasteiger partial charge on any atom is 4.00 e. The van der Waals surface area contributed by atoms with Crippen molar-refractivity contribution >= 4 is 70.9 Å². The summed E-state index contributed by atoms with van der Waals surface area (Å²) in [4.78, 5) is 53.2. The second-order valence-corrected chi connectivity index (χ2v) is 20.2. The molecule has 0 aliphatic carbocycles. The number of carbonyl (C=O) groups is 4. The largest absolute Gasteiger partial charge is 4.00 e. The molecule has 0 saturated carbocycles. The van der Waals surface area contributed by atoms with Gasteiger partial charge in [0.25, 0.3) is 0 Å². The molecule has 0 bridgehead atoms. The third kappa shape index (κ3) is 11.0. The molecule has 8 aromatic carbocycles. The van der Waals surface area contributed by atoms with E-state index >= 15 is 0 Å². The van der Waals surface area contributed by atoms with Gasteiger partial charge in [0.1, 0.15) is 0 Å². The van der Waals surface area contributed by atoms with Crippen LogP contribution in [0.15, 0.2) is 209 Å². The zero-order valence-electron chi connectivity index (χ0n) is 36.3. The second kappa shape index (κ2) is 22.0. The summed E-state index contributed by atoms with van der Waals surface area (Å²) < 4.78 is 0. The molecule has 4 heterocycles. The average Bonchev–Trinajstić information content (AvgIpc) is 3.35. The molecule has 0 unspecified atom stereocenters. The Kier molecular flexibility index (Phi) is 15.7. The van der Waals surface area contributed by atoms with Gasteiger partial charge in [-0.15, -0.1) is 0 Å². The van der Waals surface area contributed by atoms with Gasteiger partial charge in [0.05, 0.1) is 23.9 Å². The Morgan fingerprint density at radius 3 is 0.667 bits per heavy atom. The van der Waals surface area contributed by atoms with Gasteiger partial charge < -0.3 is 39.6 Å². The van der Waals surface area contributed by atoms with Crippen LogP contribution in [0.4, 0.5) is 0 Å². The maximum absolute atomic E-state index is 11.1. The molecular formula is C56H36MoO8S4. The molecule has 0 atom stereocenters. The van der Waals surface area contributed by atoms with Gasteiger partial charge in [-0.05, 0) is 93.0 Å². The first-order chi connectivity index (χ1) is 33.0. The molecule has 0 aromatic heterocycles. The third-order valence-corrected chi connectivity index (χ3v) is 16.5. The van der Waals surface area contributed by atoms with Crippen LogP contribution in [0.1, 0.15) is 85.9 Å². The molecule has 0 radical (unpaired) electrons. The number of rotatable bonds is 4. The molecule has 13 heteroatoms. The summed E-state index contributed by atoms with van der Waals surface area (Å²) in [5.74, 6) is -4.38. The molecule has 8 nitrogen and oxygen atoms in total. The van der Waals surface area contributed by atoms with E-state index in [1.807, 2.05) is 97.1 Å². The molecule has 0 spiro atoms. The van der Waals surface area contributed by atoms with Crippen molar-refractivity contribution in [3.63, 3.8) is 0 Å². The Morgan fingerprint density at radius 2 is 0.464 bits per heavy atom. The minimum atomic E-state index is -1.10. The van der Waals surface area contributed by atoms with Crippen LogP contribution in [-0.2, 0) is 46.7 Å². The first-order valence-electron chi connectivity index (χ1n) is 21.4. The number of benzene rings is 8. The fourth-order valence-electron chi connectivity index (χ4n) is 8.37. The number of carbonyl (C=O) groups excluding carboxylic acids is 4. The van der Waals surface area contributed by atoms with Gasteiger partial charge in [0.2, 0.25) is 0 Å². The van der Waals surface area contributed by atoms with Crippen LogP contribution in [0.2, 0.25) is 0 Å². The number of aromatic carboxylic acids is 4. The molecule has 0 saturated heterocycles. The van der Waals surface area contributed by atoms with Crippen molar-refractivity contribution in [2.75, 3.05) is 0 Å². The van der Waals surface area contributed by atoms with E-state index in [1.54, 1.807) is 95.6 Å². The van der Waals surface area contributed by atoms with E-state index in [-0.39, 0.29) is 21.1 Å². The van der Waals surface area contributed by atoms with Crippen molar-refractivity contribution in [3.8, 4) is 0 Å². The minimum Gasteiger partial charge on any atom is -0.545 e. The van der Waals surface area contributed by atoms with Crippen LogP contribution in [0.5, 0.6) is 0 Å². The van der Waals surface area contributed by atoms with Gasteiger partial charge >= 0.3 is 21.1 Å². The fraction of sp³-hybridized carbons (Fsp3) is 0.0714. The minimum absolute atomic E-state index is 0. The number of hydrogen-bond donors (Lipinski definition) is 0. The van der Waals surface area contributed by atoms with Crippen molar-refractivity contribution < 1.29 is 60.7 Å². The molecule has 0 amide bonds. The van der Waals surface area contributed by atoms with Crippen molar-refractivity contribution in [1.82, 2.24) is 0 Å². The zero-order chi connectivity index (χ0) is 47.3. The van der Waals surface area contributed by atoms with Crippen molar-refractivity contribution in [3.05, 3.63) is 237 Å². The van der Waals surface area contributed by atoms with Crippen molar-refractivity contribution in [2.24, 2.45) is 0 Å². The Hall–Kier alpha value is -6.27. The molecule has 4 aliphatic rings. The van der Waals surface area contributed by atoms with Crippen molar-refractivity contribution in [2.45, 2.75) is 64.8 Å². The molecule has 69 heavy (non-hydrogen) atoms. The molecule has 0 fully saturated rings. The average molecular weight is 1060 g/mol. The number of hydrogen-bond acceptors (Lipinski definition) is 12. The Labute approximate surface area is 429 Å². The molecule has 0 N–H and O–H groups in total. The SMILES string of the molecule is O=C([O-])c1cccc2c1Cc1ccccc1S2.O=C([O-])c1cccc2c1Cc1ccccc1S2.O=C([O-])c1cccc2c1Cc1ccccc1S2.O=C([O-])c1cccc2c1Cc1ccccc1S2.[Mo+4]. The van der Waals surface area contributed by atoms with Gasteiger partial charge in [-0.25, -0.2) is 0 Å². The summed E-state index contributed by atoms with van der Waals surface area (Å²) in [6.07, 6.45) is 2.68. The predicted octanol–water partition coefficient (Wildman–Crippen LogP) is 8.42. The summed E-state index contributed by atoms with van der Waals surface area (Å²) in [5.41, 5.74) is 9.44. The first-order valence-corrected chi connectivity index (χ1v) is 24.6.